The molecular weight excluding hydrogens is 311 g/mol. The van der Waals surface area contributed by atoms with Crippen molar-refractivity contribution in [2.75, 3.05) is 11.9 Å². The van der Waals surface area contributed by atoms with Crippen molar-refractivity contribution < 1.29 is 9.18 Å². The zero-order valence-corrected chi connectivity index (χ0v) is 11.4. The summed E-state index contributed by atoms with van der Waals surface area (Å²) in [5.41, 5.74) is 0.935. The van der Waals surface area contributed by atoms with Gasteiger partial charge in [0.15, 0.2) is 5.78 Å². The Bertz CT molecular complexity index is 660. The predicted molar refractivity (Wildman–Crippen MR) is 73.9 cm³/mol. The molecule has 0 bridgehead atoms. The number of benzene rings is 1. The van der Waals surface area contributed by atoms with Gasteiger partial charge in [-0.25, -0.2) is 9.37 Å². The second kappa shape index (κ2) is 4.74. The van der Waals surface area contributed by atoms with E-state index >= 15 is 0 Å². The predicted octanol–water partition coefficient (Wildman–Crippen LogP) is 3.38. The summed E-state index contributed by atoms with van der Waals surface area (Å²) in [5.74, 6) is -0.400. The van der Waals surface area contributed by atoms with E-state index in [0.29, 0.717) is 12.4 Å². The largest absolute Gasteiger partial charge is 0.369 e. The van der Waals surface area contributed by atoms with Gasteiger partial charge >= 0.3 is 0 Å². The molecule has 0 amide bonds. The van der Waals surface area contributed by atoms with Crippen LogP contribution in [0.2, 0.25) is 0 Å². The maximum absolute atomic E-state index is 13.7. The molecule has 1 aliphatic heterocycles. The Labute approximate surface area is 118 Å². The molecule has 19 heavy (non-hydrogen) atoms. The van der Waals surface area contributed by atoms with E-state index in [-0.39, 0.29) is 11.3 Å². The minimum atomic E-state index is -0.482. The van der Waals surface area contributed by atoms with Crippen LogP contribution in [0.25, 0.3) is 0 Å². The first-order chi connectivity index (χ1) is 9.16. The number of halogens is 2. The first-order valence-electron chi connectivity index (χ1n) is 5.85. The normalized spacial score (nSPS) is 16.8. The molecule has 0 aliphatic carbocycles. The van der Waals surface area contributed by atoms with Gasteiger partial charge in [0.1, 0.15) is 11.6 Å². The van der Waals surface area contributed by atoms with Crippen molar-refractivity contribution >= 4 is 27.5 Å². The number of hydrogen-bond donors (Lipinski definition) is 1. The van der Waals surface area contributed by atoms with E-state index in [2.05, 4.69) is 26.2 Å². The summed E-state index contributed by atoms with van der Waals surface area (Å²) in [4.78, 5) is 16.6. The van der Waals surface area contributed by atoms with Crippen molar-refractivity contribution in [2.45, 2.75) is 5.92 Å². The smallest absolute Gasteiger partial charge is 0.175 e. The van der Waals surface area contributed by atoms with Gasteiger partial charge in [-0.15, -0.1) is 0 Å². The van der Waals surface area contributed by atoms with Crippen LogP contribution in [-0.4, -0.2) is 17.3 Å². The Morgan fingerprint density at radius 3 is 3.00 bits per heavy atom. The fourth-order valence-corrected chi connectivity index (χ4v) is 2.61. The van der Waals surface area contributed by atoms with Crippen LogP contribution in [0.15, 0.2) is 41.0 Å². The third-order valence-electron chi connectivity index (χ3n) is 3.19. The first kappa shape index (κ1) is 12.3. The number of nitrogens with zero attached hydrogens (tertiary/aromatic N) is 1. The van der Waals surface area contributed by atoms with Crippen LogP contribution >= 0.6 is 15.9 Å². The molecule has 0 saturated carbocycles. The molecule has 3 nitrogen and oxygen atoms in total. The van der Waals surface area contributed by atoms with Crippen LogP contribution in [0.1, 0.15) is 21.8 Å². The number of Topliss-reactive ketones (excluding diaryl/α,β-unsaturated/α-hetero) is 1. The minimum absolute atomic E-state index is 0.127. The van der Waals surface area contributed by atoms with Crippen LogP contribution in [0.3, 0.4) is 0 Å². The highest BCUT2D eigenvalue weighted by Crippen LogP contribution is 2.34. The maximum atomic E-state index is 13.7. The summed E-state index contributed by atoms with van der Waals surface area (Å²) < 4.78 is 14.5. The van der Waals surface area contributed by atoms with E-state index in [1.807, 2.05) is 6.07 Å². The second-order valence-electron chi connectivity index (χ2n) is 4.37. The summed E-state index contributed by atoms with van der Waals surface area (Å²) in [5, 5.41) is 3.07. The minimum Gasteiger partial charge on any atom is -0.369 e. The molecule has 1 aliphatic rings. The Balaban J connectivity index is 2.00. The summed E-state index contributed by atoms with van der Waals surface area (Å²) in [6.45, 7) is 0.450. The van der Waals surface area contributed by atoms with Crippen LogP contribution in [0, 0.1) is 5.82 Å². The quantitative estimate of drug-likeness (QED) is 0.862. The lowest BCUT2D eigenvalue weighted by Crippen LogP contribution is -2.16. The number of aromatic nitrogens is 1. The van der Waals surface area contributed by atoms with Crippen LogP contribution in [-0.2, 0) is 0 Å². The molecule has 5 heteroatoms. The molecule has 0 spiro atoms. The summed E-state index contributed by atoms with van der Waals surface area (Å²) in [7, 11) is 0. The zero-order chi connectivity index (χ0) is 13.4. The molecule has 1 aromatic heterocycles. The van der Waals surface area contributed by atoms with E-state index < -0.39 is 11.7 Å². The average molecular weight is 321 g/mol. The van der Waals surface area contributed by atoms with Crippen LogP contribution < -0.4 is 5.32 Å². The van der Waals surface area contributed by atoms with Gasteiger partial charge in [0.25, 0.3) is 0 Å². The fourth-order valence-electron chi connectivity index (χ4n) is 2.26. The van der Waals surface area contributed by atoms with Crippen molar-refractivity contribution in [2.24, 2.45) is 0 Å². The first-order valence-corrected chi connectivity index (χ1v) is 6.64. The van der Waals surface area contributed by atoms with Gasteiger partial charge in [0, 0.05) is 22.8 Å². The molecule has 0 radical (unpaired) electrons. The van der Waals surface area contributed by atoms with E-state index in [9.17, 15) is 9.18 Å². The SMILES string of the molecule is O=C(c1ccccc1F)C1CNc2ncc(Br)cc21. The highest BCUT2D eigenvalue weighted by atomic mass is 79.9. The number of hydrogen-bond acceptors (Lipinski definition) is 3. The summed E-state index contributed by atoms with van der Waals surface area (Å²) in [6.07, 6.45) is 1.67. The summed E-state index contributed by atoms with van der Waals surface area (Å²) >= 11 is 3.34. The Kier molecular flexibility index (Phi) is 3.06. The van der Waals surface area contributed by atoms with E-state index in [1.54, 1.807) is 18.3 Å². The molecule has 0 fully saturated rings. The highest BCUT2D eigenvalue weighted by molar-refractivity contribution is 9.10. The number of carbonyl (C=O) groups is 1. The third kappa shape index (κ3) is 2.14. The fraction of sp³-hybridized carbons (Fsp3) is 0.143. The van der Waals surface area contributed by atoms with Gasteiger partial charge in [-0.2, -0.15) is 0 Å². The van der Waals surface area contributed by atoms with Gasteiger partial charge in [-0.3, -0.25) is 4.79 Å². The molecule has 1 N–H and O–H groups in total. The number of anilines is 1. The topological polar surface area (TPSA) is 42.0 Å². The number of rotatable bonds is 2. The van der Waals surface area contributed by atoms with E-state index in [1.165, 1.54) is 12.1 Å². The molecule has 96 valence electrons. The van der Waals surface area contributed by atoms with Crippen molar-refractivity contribution in [3.05, 3.63) is 57.9 Å². The standard InChI is InChI=1S/C14H10BrFN2O/c15-8-5-10-11(7-18-14(10)17-6-8)13(19)9-3-1-2-4-12(9)16/h1-6,11H,7H2,(H,17,18). The van der Waals surface area contributed by atoms with Gasteiger partial charge in [0.05, 0.1) is 11.5 Å². The van der Waals surface area contributed by atoms with Gasteiger partial charge in [0.2, 0.25) is 0 Å². The zero-order valence-electron chi connectivity index (χ0n) is 9.86. The Morgan fingerprint density at radius 2 is 2.21 bits per heavy atom. The van der Waals surface area contributed by atoms with E-state index in [0.717, 1.165) is 10.0 Å². The van der Waals surface area contributed by atoms with Crippen molar-refractivity contribution in [1.29, 1.82) is 0 Å². The highest BCUT2D eigenvalue weighted by Gasteiger charge is 2.31. The molecule has 1 atom stereocenters. The molecule has 1 unspecified atom stereocenters. The van der Waals surface area contributed by atoms with Crippen molar-refractivity contribution in [3.63, 3.8) is 0 Å². The lowest BCUT2D eigenvalue weighted by molar-refractivity contribution is 0.0962. The average Bonchev–Trinajstić information content (AvgIpc) is 2.81. The van der Waals surface area contributed by atoms with Gasteiger partial charge < -0.3 is 5.32 Å². The number of ketones is 1. The number of nitrogens with one attached hydrogen (secondary N) is 1. The monoisotopic (exact) mass is 320 g/mol. The number of carbonyl (C=O) groups excluding carboxylic acids is 1. The van der Waals surface area contributed by atoms with Crippen molar-refractivity contribution in [3.8, 4) is 0 Å². The van der Waals surface area contributed by atoms with E-state index in [4.69, 9.17) is 0 Å². The molecule has 1 aromatic carbocycles. The maximum Gasteiger partial charge on any atom is 0.175 e. The molecular formula is C14H10BrFN2O. The molecule has 0 saturated heterocycles. The van der Waals surface area contributed by atoms with Crippen molar-refractivity contribution in [1.82, 2.24) is 4.98 Å². The second-order valence-corrected chi connectivity index (χ2v) is 5.28. The lowest BCUT2D eigenvalue weighted by Gasteiger charge is -2.09. The summed E-state index contributed by atoms with van der Waals surface area (Å²) in [6, 6.07) is 7.91. The number of fused-ring (bicyclic) bond motifs is 1. The van der Waals surface area contributed by atoms with Gasteiger partial charge in [-0.1, -0.05) is 12.1 Å². The Morgan fingerprint density at radius 1 is 1.42 bits per heavy atom. The number of pyridine rings is 1. The molecule has 2 heterocycles. The molecule has 2 aromatic rings. The van der Waals surface area contributed by atoms with Crippen LogP contribution in [0.5, 0.6) is 0 Å². The Hall–Kier alpha value is -1.75. The molecule has 3 rings (SSSR count). The van der Waals surface area contributed by atoms with Gasteiger partial charge in [-0.05, 0) is 34.1 Å². The van der Waals surface area contributed by atoms with Crippen LogP contribution in [0.4, 0.5) is 10.2 Å². The lowest BCUT2D eigenvalue weighted by atomic mass is 9.93. The third-order valence-corrected chi connectivity index (χ3v) is 3.62.